The summed E-state index contributed by atoms with van der Waals surface area (Å²) in [6, 6.07) is 7.29. The highest BCUT2D eigenvalue weighted by molar-refractivity contribution is 6.31. The number of carbonyl (C=O) groups excluding carboxylic acids is 1. The van der Waals surface area contributed by atoms with Gasteiger partial charge in [0.25, 0.3) is 0 Å². The number of carbonyl (C=O) groups is 1. The second-order valence-corrected chi connectivity index (χ2v) is 4.87. The number of rotatable bonds is 3. The van der Waals surface area contributed by atoms with Crippen LogP contribution in [-0.4, -0.2) is 15.6 Å². The van der Waals surface area contributed by atoms with E-state index >= 15 is 0 Å². The van der Waals surface area contributed by atoms with Crippen LogP contribution in [0.15, 0.2) is 24.3 Å². The van der Waals surface area contributed by atoms with E-state index in [4.69, 9.17) is 11.6 Å². The summed E-state index contributed by atoms with van der Waals surface area (Å²) in [6.45, 7) is 3.81. The molecule has 2 aromatic rings. The lowest BCUT2D eigenvalue weighted by Gasteiger charge is -2.04. The minimum Gasteiger partial charge on any atom is -0.294 e. The second-order valence-electron chi connectivity index (χ2n) is 4.46. The number of aromatic nitrogens is 2. The summed E-state index contributed by atoms with van der Waals surface area (Å²) in [5, 5.41) is 4.92. The molecule has 0 amide bonds. The SMILES string of the molecule is Cc1cc(CC(=O)c2ccc(Cl)c(C)c2)n(C)n1. The molecule has 0 saturated carbocycles. The summed E-state index contributed by atoms with van der Waals surface area (Å²) in [6.07, 6.45) is 0.360. The van der Waals surface area contributed by atoms with Crippen LogP contribution in [0.25, 0.3) is 0 Å². The van der Waals surface area contributed by atoms with Crippen LogP contribution in [0.1, 0.15) is 27.3 Å². The maximum Gasteiger partial charge on any atom is 0.168 e. The van der Waals surface area contributed by atoms with Crippen LogP contribution in [0.4, 0.5) is 0 Å². The van der Waals surface area contributed by atoms with Crippen molar-refractivity contribution in [2.75, 3.05) is 0 Å². The van der Waals surface area contributed by atoms with Crippen molar-refractivity contribution in [1.29, 1.82) is 0 Å². The van der Waals surface area contributed by atoms with Gasteiger partial charge in [0.15, 0.2) is 5.78 Å². The van der Waals surface area contributed by atoms with Crippen LogP contribution in [0.2, 0.25) is 5.02 Å². The molecule has 1 aromatic heterocycles. The van der Waals surface area contributed by atoms with Crippen LogP contribution in [0.5, 0.6) is 0 Å². The summed E-state index contributed by atoms with van der Waals surface area (Å²) in [5.74, 6) is 0.0813. The highest BCUT2D eigenvalue weighted by atomic mass is 35.5. The smallest absolute Gasteiger partial charge is 0.168 e. The number of hydrogen-bond donors (Lipinski definition) is 0. The Morgan fingerprint density at radius 1 is 1.33 bits per heavy atom. The number of Topliss-reactive ketones (excluding diaryl/α,β-unsaturated/α-hetero) is 1. The molecular formula is C14H15ClN2O. The Morgan fingerprint density at radius 3 is 2.61 bits per heavy atom. The minimum absolute atomic E-state index is 0.0813. The number of ketones is 1. The van der Waals surface area contributed by atoms with Gasteiger partial charge in [-0.15, -0.1) is 0 Å². The first-order chi connectivity index (χ1) is 8.47. The molecule has 0 fully saturated rings. The summed E-state index contributed by atoms with van der Waals surface area (Å²) in [4.78, 5) is 12.2. The predicted molar refractivity (Wildman–Crippen MR) is 72.2 cm³/mol. The van der Waals surface area contributed by atoms with E-state index in [0.29, 0.717) is 17.0 Å². The third kappa shape index (κ3) is 2.62. The molecule has 1 heterocycles. The molecule has 0 aliphatic heterocycles. The first-order valence-corrected chi connectivity index (χ1v) is 6.14. The molecule has 0 saturated heterocycles. The molecule has 0 radical (unpaired) electrons. The largest absolute Gasteiger partial charge is 0.294 e. The van der Waals surface area contributed by atoms with Gasteiger partial charge in [-0.2, -0.15) is 5.10 Å². The van der Waals surface area contributed by atoms with E-state index < -0.39 is 0 Å². The molecule has 18 heavy (non-hydrogen) atoms. The van der Waals surface area contributed by atoms with Crippen molar-refractivity contribution < 1.29 is 4.79 Å². The monoisotopic (exact) mass is 262 g/mol. The Hall–Kier alpha value is -1.61. The summed E-state index contributed by atoms with van der Waals surface area (Å²) in [5.41, 5.74) is 3.46. The van der Waals surface area contributed by atoms with E-state index in [2.05, 4.69) is 5.10 Å². The zero-order valence-corrected chi connectivity index (χ0v) is 11.5. The maximum absolute atomic E-state index is 12.2. The Kier molecular flexibility index (Phi) is 3.53. The topological polar surface area (TPSA) is 34.9 Å². The van der Waals surface area contributed by atoms with Gasteiger partial charge in [-0.05, 0) is 43.7 Å². The molecule has 0 aliphatic rings. The third-order valence-corrected chi connectivity index (χ3v) is 3.34. The standard InChI is InChI=1S/C14H15ClN2O/c1-9-6-11(4-5-13(9)15)14(18)8-12-7-10(2)16-17(12)3/h4-7H,8H2,1-3H3. The lowest BCUT2D eigenvalue weighted by Crippen LogP contribution is -2.08. The molecule has 0 aliphatic carbocycles. The van der Waals surface area contributed by atoms with Crippen molar-refractivity contribution in [3.8, 4) is 0 Å². The van der Waals surface area contributed by atoms with Gasteiger partial charge < -0.3 is 0 Å². The molecule has 0 unspecified atom stereocenters. The Labute approximate surface area is 111 Å². The summed E-state index contributed by atoms with van der Waals surface area (Å²) in [7, 11) is 1.85. The summed E-state index contributed by atoms with van der Waals surface area (Å²) < 4.78 is 1.75. The number of aryl methyl sites for hydroxylation is 3. The van der Waals surface area contributed by atoms with E-state index in [0.717, 1.165) is 17.0 Å². The average Bonchev–Trinajstić information content (AvgIpc) is 2.61. The van der Waals surface area contributed by atoms with Crippen LogP contribution in [0.3, 0.4) is 0 Å². The quantitative estimate of drug-likeness (QED) is 0.797. The Balaban J connectivity index is 2.22. The van der Waals surface area contributed by atoms with Gasteiger partial charge in [0.2, 0.25) is 0 Å². The highest BCUT2D eigenvalue weighted by Gasteiger charge is 2.11. The zero-order valence-electron chi connectivity index (χ0n) is 10.7. The lowest BCUT2D eigenvalue weighted by molar-refractivity contribution is 0.0990. The zero-order chi connectivity index (χ0) is 13.3. The normalized spacial score (nSPS) is 10.7. The third-order valence-electron chi connectivity index (χ3n) is 2.92. The summed E-state index contributed by atoms with van der Waals surface area (Å²) >= 11 is 5.95. The van der Waals surface area contributed by atoms with Crippen molar-refractivity contribution in [3.63, 3.8) is 0 Å². The Bertz CT molecular complexity index is 602. The van der Waals surface area contributed by atoms with Crippen molar-refractivity contribution in [2.45, 2.75) is 20.3 Å². The number of benzene rings is 1. The number of hydrogen-bond acceptors (Lipinski definition) is 2. The lowest BCUT2D eigenvalue weighted by atomic mass is 10.0. The molecule has 2 rings (SSSR count). The first kappa shape index (κ1) is 12.8. The molecule has 0 bridgehead atoms. The molecule has 0 spiro atoms. The van der Waals surface area contributed by atoms with Gasteiger partial charge in [0, 0.05) is 23.3 Å². The van der Waals surface area contributed by atoms with E-state index in [1.165, 1.54) is 0 Å². The van der Waals surface area contributed by atoms with E-state index in [-0.39, 0.29) is 5.78 Å². The minimum atomic E-state index is 0.0813. The van der Waals surface area contributed by atoms with Crippen molar-refractivity contribution in [1.82, 2.24) is 9.78 Å². The van der Waals surface area contributed by atoms with E-state index in [1.54, 1.807) is 16.8 Å². The van der Waals surface area contributed by atoms with E-state index in [1.807, 2.05) is 33.0 Å². The average molecular weight is 263 g/mol. The Morgan fingerprint density at radius 2 is 2.06 bits per heavy atom. The fourth-order valence-corrected chi connectivity index (χ4v) is 2.03. The fraction of sp³-hybridized carbons (Fsp3) is 0.286. The highest BCUT2D eigenvalue weighted by Crippen LogP contribution is 2.17. The van der Waals surface area contributed by atoms with Gasteiger partial charge >= 0.3 is 0 Å². The van der Waals surface area contributed by atoms with Gasteiger partial charge in [-0.1, -0.05) is 11.6 Å². The van der Waals surface area contributed by atoms with E-state index in [9.17, 15) is 4.79 Å². The van der Waals surface area contributed by atoms with Crippen LogP contribution in [0, 0.1) is 13.8 Å². The van der Waals surface area contributed by atoms with Crippen LogP contribution < -0.4 is 0 Å². The predicted octanol–water partition coefficient (Wildman–Crippen LogP) is 3.12. The van der Waals surface area contributed by atoms with Crippen LogP contribution in [-0.2, 0) is 13.5 Å². The molecule has 3 nitrogen and oxygen atoms in total. The van der Waals surface area contributed by atoms with Crippen molar-refractivity contribution >= 4 is 17.4 Å². The van der Waals surface area contributed by atoms with Gasteiger partial charge in [0.05, 0.1) is 12.1 Å². The molecule has 0 N–H and O–H groups in total. The van der Waals surface area contributed by atoms with Crippen molar-refractivity contribution in [2.24, 2.45) is 7.05 Å². The molecule has 1 aromatic carbocycles. The molecule has 0 atom stereocenters. The first-order valence-electron chi connectivity index (χ1n) is 5.76. The maximum atomic E-state index is 12.2. The molecule has 94 valence electrons. The van der Waals surface area contributed by atoms with Gasteiger partial charge in [0.1, 0.15) is 0 Å². The second kappa shape index (κ2) is 4.94. The number of nitrogens with zero attached hydrogens (tertiary/aromatic N) is 2. The number of halogens is 1. The van der Waals surface area contributed by atoms with Crippen LogP contribution >= 0.6 is 11.6 Å². The molecular weight excluding hydrogens is 248 g/mol. The molecule has 4 heteroatoms. The van der Waals surface area contributed by atoms with Crippen molar-refractivity contribution in [3.05, 3.63) is 51.8 Å². The van der Waals surface area contributed by atoms with Gasteiger partial charge in [-0.25, -0.2) is 0 Å². The van der Waals surface area contributed by atoms with Gasteiger partial charge in [-0.3, -0.25) is 9.48 Å². The fourth-order valence-electron chi connectivity index (χ4n) is 1.91.